The first-order valence-corrected chi connectivity index (χ1v) is 8.97. The van der Waals surface area contributed by atoms with E-state index in [4.69, 9.17) is 9.47 Å². The van der Waals surface area contributed by atoms with Gasteiger partial charge in [-0.2, -0.15) is 4.31 Å². The van der Waals surface area contributed by atoms with Crippen molar-refractivity contribution in [1.29, 1.82) is 0 Å². The number of hydrogen-bond donors (Lipinski definition) is 1. The number of hydrogen-bond acceptors (Lipinski definition) is 5. The van der Waals surface area contributed by atoms with Crippen LogP contribution in [0.25, 0.3) is 0 Å². The SMILES string of the molecule is CCNC(=O)COc1ccc(S(=O)(=O)N2CCOCC2)cc1C. The van der Waals surface area contributed by atoms with Crippen LogP contribution in [0, 0.1) is 6.92 Å². The minimum absolute atomic E-state index is 0.0930. The van der Waals surface area contributed by atoms with Crippen LogP contribution in [0.2, 0.25) is 0 Å². The summed E-state index contributed by atoms with van der Waals surface area (Å²) in [6.07, 6.45) is 0. The van der Waals surface area contributed by atoms with Gasteiger partial charge in [0, 0.05) is 19.6 Å². The quantitative estimate of drug-likeness (QED) is 0.815. The van der Waals surface area contributed by atoms with E-state index in [1.807, 2.05) is 6.92 Å². The van der Waals surface area contributed by atoms with Gasteiger partial charge in [0.1, 0.15) is 5.75 Å². The number of sulfonamides is 1. The van der Waals surface area contributed by atoms with E-state index < -0.39 is 10.0 Å². The predicted octanol–water partition coefficient (Wildman–Crippen LogP) is 0.531. The van der Waals surface area contributed by atoms with Crippen LogP contribution >= 0.6 is 0 Å². The second kappa shape index (κ2) is 7.76. The van der Waals surface area contributed by atoms with Gasteiger partial charge in [0.2, 0.25) is 10.0 Å². The van der Waals surface area contributed by atoms with Gasteiger partial charge in [0.15, 0.2) is 6.61 Å². The minimum atomic E-state index is -3.52. The number of morpholine rings is 1. The van der Waals surface area contributed by atoms with Crippen molar-refractivity contribution in [2.24, 2.45) is 0 Å². The maximum atomic E-state index is 12.6. The highest BCUT2D eigenvalue weighted by Crippen LogP contribution is 2.24. The number of likely N-dealkylation sites (N-methyl/N-ethyl adjacent to an activating group) is 1. The number of benzene rings is 1. The third-order valence-corrected chi connectivity index (χ3v) is 5.38. The van der Waals surface area contributed by atoms with Gasteiger partial charge in [0.25, 0.3) is 5.91 Å². The number of carbonyl (C=O) groups excluding carboxylic acids is 1. The third-order valence-electron chi connectivity index (χ3n) is 3.49. The fourth-order valence-electron chi connectivity index (χ4n) is 2.27. The summed E-state index contributed by atoms with van der Waals surface area (Å²) >= 11 is 0. The number of amides is 1. The molecule has 1 aromatic rings. The first-order valence-electron chi connectivity index (χ1n) is 7.53. The zero-order chi connectivity index (χ0) is 16.9. The normalized spacial score (nSPS) is 16.1. The van der Waals surface area contributed by atoms with Crippen molar-refractivity contribution in [2.45, 2.75) is 18.7 Å². The van der Waals surface area contributed by atoms with Crippen molar-refractivity contribution in [3.8, 4) is 5.75 Å². The van der Waals surface area contributed by atoms with Gasteiger partial charge in [-0.05, 0) is 37.6 Å². The van der Waals surface area contributed by atoms with E-state index >= 15 is 0 Å². The Bertz CT molecular complexity index is 654. The molecule has 7 nitrogen and oxygen atoms in total. The Morgan fingerprint density at radius 3 is 2.65 bits per heavy atom. The summed E-state index contributed by atoms with van der Waals surface area (Å²) in [6.45, 7) is 5.56. The lowest BCUT2D eigenvalue weighted by atomic mass is 10.2. The van der Waals surface area contributed by atoms with Crippen LogP contribution in [0.1, 0.15) is 12.5 Å². The topological polar surface area (TPSA) is 84.9 Å². The van der Waals surface area contributed by atoms with Gasteiger partial charge in [-0.25, -0.2) is 8.42 Å². The van der Waals surface area contributed by atoms with E-state index in [0.717, 1.165) is 0 Å². The molecule has 0 aromatic heterocycles. The molecule has 8 heteroatoms. The lowest BCUT2D eigenvalue weighted by molar-refractivity contribution is -0.122. The van der Waals surface area contributed by atoms with Crippen molar-refractivity contribution in [3.05, 3.63) is 23.8 Å². The molecule has 0 aliphatic carbocycles. The van der Waals surface area contributed by atoms with Gasteiger partial charge in [-0.3, -0.25) is 4.79 Å². The average molecular weight is 342 g/mol. The highest BCUT2D eigenvalue weighted by Gasteiger charge is 2.26. The Labute approximate surface area is 136 Å². The molecule has 2 rings (SSSR count). The fraction of sp³-hybridized carbons (Fsp3) is 0.533. The van der Waals surface area contributed by atoms with E-state index in [-0.39, 0.29) is 17.4 Å². The van der Waals surface area contributed by atoms with Crippen LogP contribution in [0.5, 0.6) is 5.75 Å². The molecule has 128 valence electrons. The van der Waals surface area contributed by atoms with E-state index in [0.29, 0.717) is 44.2 Å². The molecular weight excluding hydrogens is 320 g/mol. The molecule has 1 aromatic carbocycles. The Morgan fingerprint density at radius 2 is 2.04 bits per heavy atom. The molecule has 0 radical (unpaired) electrons. The van der Waals surface area contributed by atoms with E-state index in [1.165, 1.54) is 10.4 Å². The molecule has 0 unspecified atom stereocenters. The number of nitrogens with zero attached hydrogens (tertiary/aromatic N) is 1. The van der Waals surface area contributed by atoms with Gasteiger partial charge in [-0.1, -0.05) is 0 Å². The molecule has 23 heavy (non-hydrogen) atoms. The number of aryl methyl sites for hydroxylation is 1. The zero-order valence-electron chi connectivity index (χ0n) is 13.4. The first kappa shape index (κ1) is 17.7. The van der Waals surface area contributed by atoms with Crippen molar-refractivity contribution >= 4 is 15.9 Å². The lowest BCUT2D eigenvalue weighted by Gasteiger charge is -2.26. The van der Waals surface area contributed by atoms with Crippen LogP contribution in [0.15, 0.2) is 23.1 Å². The predicted molar refractivity (Wildman–Crippen MR) is 84.9 cm³/mol. The number of nitrogens with one attached hydrogen (secondary N) is 1. The maximum Gasteiger partial charge on any atom is 0.257 e. The Hall–Kier alpha value is -1.64. The molecule has 1 heterocycles. The molecule has 0 atom stereocenters. The zero-order valence-corrected chi connectivity index (χ0v) is 14.2. The fourth-order valence-corrected chi connectivity index (χ4v) is 3.77. The van der Waals surface area contributed by atoms with Gasteiger partial charge in [0.05, 0.1) is 18.1 Å². The van der Waals surface area contributed by atoms with Crippen LogP contribution < -0.4 is 10.1 Å². The van der Waals surface area contributed by atoms with Gasteiger partial charge >= 0.3 is 0 Å². The molecule has 0 saturated carbocycles. The second-order valence-corrected chi connectivity index (χ2v) is 7.12. The van der Waals surface area contributed by atoms with Crippen LogP contribution in [0.3, 0.4) is 0 Å². The summed E-state index contributed by atoms with van der Waals surface area (Å²) in [5.41, 5.74) is 0.670. The molecule has 1 N–H and O–H groups in total. The van der Waals surface area contributed by atoms with Crippen molar-refractivity contribution in [3.63, 3.8) is 0 Å². The summed E-state index contributed by atoms with van der Waals surface area (Å²) in [6, 6.07) is 4.66. The minimum Gasteiger partial charge on any atom is -0.484 e. The van der Waals surface area contributed by atoms with Crippen molar-refractivity contribution in [2.75, 3.05) is 39.5 Å². The third kappa shape index (κ3) is 4.43. The molecule has 1 saturated heterocycles. The first-order chi connectivity index (χ1) is 10.9. The molecular formula is C15H22N2O5S. The van der Waals surface area contributed by atoms with Crippen LogP contribution in [0.4, 0.5) is 0 Å². The summed E-state index contributed by atoms with van der Waals surface area (Å²) < 4.78 is 37.2. The Balaban J connectivity index is 2.10. The highest BCUT2D eigenvalue weighted by molar-refractivity contribution is 7.89. The Kier molecular flexibility index (Phi) is 5.97. The monoisotopic (exact) mass is 342 g/mol. The molecule has 0 spiro atoms. The summed E-state index contributed by atoms with van der Waals surface area (Å²) in [7, 11) is -3.52. The number of carbonyl (C=O) groups is 1. The Morgan fingerprint density at radius 1 is 1.35 bits per heavy atom. The number of ether oxygens (including phenoxy) is 2. The maximum absolute atomic E-state index is 12.6. The van der Waals surface area contributed by atoms with E-state index in [1.54, 1.807) is 19.1 Å². The molecule has 1 amide bonds. The van der Waals surface area contributed by atoms with Crippen LogP contribution in [-0.2, 0) is 19.6 Å². The van der Waals surface area contributed by atoms with Crippen LogP contribution in [-0.4, -0.2) is 58.1 Å². The lowest BCUT2D eigenvalue weighted by Crippen LogP contribution is -2.40. The summed E-state index contributed by atoms with van der Waals surface area (Å²) in [5, 5.41) is 2.64. The standard InChI is InChI=1S/C15H22N2O5S/c1-3-16-15(18)11-22-14-5-4-13(10-12(14)2)23(19,20)17-6-8-21-9-7-17/h4-5,10H,3,6-9,11H2,1-2H3,(H,16,18). The van der Waals surface area contributed by atoms with Crippen molar-refractivity contribution in [1.82, 2.24) is 9.62 Å². The van der Waals surface area contributed by atoms with E-state index in [9.17, 15) is 13.2 Å². The van der Waals surface area contributed by atoms with E-state index in [2.05, 4.69) is 5.32 Å². The van der Waals surface area contributed by atoms with Gasteiger partial charge in [-0.15, -0.1) is 0 Å². The average Bonchev–Trinajstić information content (AvgIpc) is 2.54. The molecule has 1 fully saturated rings. The molecule has 1 aliphatic rings. The summed E-state index contributed by atoms with van der Waals surface area (Å²) in [5.74, 6) is 0.286. The number of rotatable bonds is 6. The largest absolute Gasteiger partial charge is 0.484 e. The second-order valence-electron chi connectivity index (χ2n) is 5.19. The molecule has 1 aliphatic heterocycles. The molecule has 0 bridgehead atoms. The van der Waals surface area contributed by atoms with Gasteiger partial charge < -0.3 is 14.8 Å². The summed E-state index contributed by atoms with van der Waals surface area (Å²) in [4.78, 5) is 11.6. The highest BCUT2D eigenvalue weighted by atomic mass is 32.2. The van der Waals surface area contributed by atoms with Crippen molar-refractivity contribution < 1.29 is 22.7 Å². The smallest absolute Gasteiger partial charge is 0.257 e.